The molecule has 0 amide bonds. The summed E-state index contributed by atoms with van der Waals surface area (Å²) in [5.74, 6) is 12.8. The second kappa shape index (κ2) is 25.8. The monoisotopic (exact) mass is 1340 g/mol. The van der Waals surface area contributed by atoms with Crippen LogP contribution in [0.4, 0.5) is 0 Å². The van der Waals surface area contributed by atoms with Gasteiger partial charge in [0.25, 0.3) is 0 Å². The van der Waals surface area contributed by atoms with Crippen molar-refractivity contribution in [1.29, 1.82) is 0 Å². The normalized spacial score (nSPS) is 38.9. The highest BCUT2D eigenvalue weighted by Crippen LogP contribution is 2.58. The molecule has 22 heteroatoms. The molecule has 0 aromatic heterocycles. The summed E-state index contributed by atoms with van der Waals surface area (Å²) in [7, 11) is 9.23. The lowest BCUT2D eigenvalue weighted by atomic mass is 9.74. The Morgan fingerprint density at radius 3 is 1.88 bits per heavy atom. The number of carbonyl (C=O) groups excluding carboxylic acids is 5. The molecule has 3 spiro atoms. The van der Waals surface area contributed by atoms with Gasteiger partial charge >= 0.3 is 29.8 Å². The third kappa shape index (κ3) is 10.8. The van der Waals surface area contributed by atoms with Crippen molar-refractivity contribution < 1.29 is 71.6 Å². The van der Waals surface area contributed by atoms with Gasteiger partial charge in [0.1, 0.15) is 24.0 Å². The van der Waals surface area contributed by atoms with E-state index in [0.717, 1.165) is 161 Å². The molecule has 15 atom stereocenters. The van der Waals surface area contributed by atoms with E-state index < -0.39 is 28.0 Å². The van der Waals surface area contributed by atoms with Crippen molar-refractivity contribution in [2.24, 2.45) is 0 Å². The smallest absolute Gasteiger partial charge is 0.332 e. The number of piperidine rings is 3. The maximum atomic E-state index is 12.2. The van der Waals surface area contributed by atoms with Crippen molar-refractivity contribution in [2.75, 3.05) is 68.1 Å². The Bertz CT molecular complexity index is 3830. The van der Waals surface area contributed by atoms with Crippen molar-refractivity contribution in [1.82, 2.24) is 35.2 Å². The number of fused-ring (bicyclic) bond motifs is 10. The van der Waals surface area contributed by atoms with Crippen LogP contribution in [0.1, 0.15) is 122 Å². The minimum absolute atomic E-state index is 0.0930. The van der Waals surface area contributed by atoms with Gasteiger partial charge in [-0.2, -0.15) is 5.06 Å². The summed E-state index contributed by atoms with van der Waals surface area (Å²) >= 11 is 0. The zero-order valence-electron chi connectivity index (χ0n) is 56.7. The summed E-state index contributed by atoms with van der Waals surface area (Å²) in [6, 6.07) is 1.75. The van der Waals surface area contributed by atoms with Gasteiger partial charge in [-0.3, -0.25) is 29.4 Å². The summed E-state index contributed by atoms with van der Waals surface area (Å²) in [6.07, 6.45) is 45.6. The average molecular weight is 1340 g/mol. The van der Waals surface area contributed by atoms with Gasteiger partial charge in [0, 0.05) is 135 Å². The number of ether oxygens (including phenoxy) is 7. The van der Waals surface area contributed by atoms with Crippen LogP contribution in [0.5, 0.6) is 0 Å². The lowest BCUT2D eigenvalue weighted by Crippen LogP contribution is -2.63. The molecule has 0 aromatic carbocycles. The summed E-state index contributed by atoms with van der Waals surface area (Å²) < 4.78 is 39.9. The first-order chi connectivity index (χ1) is 47.6. The Morgan fingerprint density at radius 1 is 0.602 bits per heavy atom. The van der Waals surface area contributed by atoms with Crippen LogP contribution < -0.4 is 5.32 Å². The van der Waals surface area contributed by atoms with E-state index in [-0.39, 0.29) is 84.6 Å². The van der Waals surface area contributed by atoms with Gasteiger partial charge in [0.15, 0.2) is 34.3 Å². The highest BCUT2D eigenvalue weighted by atomic mass is 16.7. The van der Waals surface area contributed by atoms with Gasteiger partial charge < -0.3 is 43.3 Å². The number of hydroxylamine groups is 6. The van der Waals surface area contributed by atoms with Gasteiger partial charge in [0.2, 0.25) is 0 Å². The zero-order valence-corrected chi connectivity index (χ0v) is 56.7. The Balaban J connectivity index is 0.0000000967. The van der Waals surface area contributed by atoms with Crippen LogP contribution in [-0.4, -0.2) is 223 Å². The second-order valence-corrected chi connectivity index (χ2v) is 29.4. The zero-order chi connectivity index (χ0) is 67.3. The topological polar surface area (TPSA) is 209 Å². The van der Waals surface area contributed by atoms with Crippen LogP contribution in [0.3, 0.4) is 0 Å². The quantitative estimate of drug-likeness (QED) is 0.104. The lowest BCUT2D eigenvalue weighted by Gasteiger charge is -2.52. The van der Waals surface area contributed by atoms with Crippen LogP contribution >= 0.6 is 0 Å². The number of allylic oxidation sites excluding steroid dienone is 2. The van der Waals surface area contributed by atoms with Crippen molar-refractivity contribution in [3.8, 4) is 23.7 Å². The van der Waals surface area contributed by atoms with Crippen LogP contribution in [-0.2, 0) is 71.6 Å². The van der Waals surface area contributed by atoms with E-state index in [1.807, 2.05) is 59.6 Å². The van der Waals surface area contributed by atoms with Crippen molar-refractivity contribution in [2.45, 2.75) is 217 Å². The number of carbonyl (C=O) groups is 5. The predicted molar refractivity (Wildman–Crippen MR) is 355 cm³/mol. The van der Waals surface area contributed by atoms with Crippen molar-refractivity contribution in [3.63, 3.8) is 0 Å². The number of hydrogen-bond donors (Lipinski definition) is 1. The van der Waals surface area contributed by atoms with E-state index in [9.17, 15) is 24.0 Å². The van der Waals surface area contributed by atoms with E-state index in [4.69, 9.17) is 47.7 Å². The van der Waals surface area contributed by atoms with E-state index in [0.29, 0.717) is 25.2 Å². The maximum Gasteiger partial charge on any atom is 0.332 e. The fraction of sp³-hybridized carbons (Fsp3) is 0.592. The summed E-state index contributed by atoms with van der Waals surface area (Å²) in [6.45, 7) is 4.33. The molecule has 5 aliphatic carbocycles. The fourth-order valence-electron chi connectivity index (χ4n) is 20.0. The van der Waals surface area contributed by atoms with Gasteiger partial charge in [0.05, 0.1) is 49.7 Å². The van der Waals surface area contributed by atoms with Crippen molar-refractivity contribution in [3.05, 3.63) is 130 Å². The Kier molecular flexibility index (Phi) is 17.2. The predicted octanol–water partition coefficient (Wildman–Crippen LogP) is 6.42. The third-order valence-corrected chi connectivity index (χ3v) is 23.8. The standard InChI is InChI=1S/C20H26N2O4.C17H20N2O2.C13H15NO3.C13H13NO3.C13H15NO3/c1-21(2)9-5-6-13-10-14-12-20(15(13)11-18(23)26-20)17-8-7-16(22(14)17)19(24-3)25-4;1-18-7-4-5-12-9-13-11-17(14(12)10-16(20)21-17)15-6-2-3-8-19(13)15;2*15-12-8-9-10-4-3-6-13(9,16-12)11-5-1-2-7-14(11)17-10;15-12-7-9-4-5-10-8-13(9,16-12)11-3-1-2-6-14(11)17-10/h10-11,14,16-17,19H,7-9,12H2,1-4H3;9-10,13,15,18H,2-3,6-8,11H2,1H3;3-4,8,10-11H,1-2,5-7H2;2-4,7-8,10-11H,1,5-6H2;5,7,11H,1-4,6,8H2. The molecule has 20 aliphatic rings. The van der Waals surface area contributed by atoms with Crippen LogP contribution in [0.25, 0.3) is 0 Å². The molecule has 10 bridgehead atoms. The van der Waals surface area contributed by atoms with E-state index in [1.54, 1.807) is 44.6 Å². The molecule has 98 heavy (non-hydrogen) atoms. The molecule has 22 nitrogen and oxygen atoms in total. The number of nitrogens with one attached hydrogen (secondary N) is 1. The largest absolute Gasteiger partial charge is 0.449 e. The van der Waals surface area contributed by atoms with E-state index >= 15 is 0 Å². The molecule has 15 unspecified atom stereocenters. The molecule has 0 saturated carbocycles. The van der Waals surface area contributed by atoms with Crippen LogP contribution in [0.2, 0.25) is 0 Å². The van der Waals surface area contributed by atoms with Crippen LogP contribution in [0.15, 0.2) is 130 Å². The molecular formula is C76H89N7O15. The Hall–Kier alpha value is -7.19. The first-order valence-electron chi connectivity index (χ1n) is 35.7. The van der Waals surface area contributed by atoms with Crippen molar-refractivity contribution >= 4 is 29.8 Å². The summed E-state index contributed by atoms with van der Waals surface area (Å²) in [5, 5.41) is 8.98. The number of hydrogen-bond acceptors (Lipinski definition) is 22. The Morgan fingerprint density at radius 2 is 1.18 bits per heavy atom. The van der Waals surface area contributed by atoms with Gasteiger partial charge in [-0.05, 0) is 110 Å². The molecule has 0 radical (unpaired) electrons. The number of rotatable bonds is 5. The summed E-state index contributed by atoms with van der Waals surface area (Å²) in [5.41, 5.74) is 4.84. The number of nitrogens with zero attached hydrogens (tertiary/aromatic N) is 6. The molecule has 15 heterocycles. The highest BCUT2D eigenvalue weighted by molar-refractivity contribution is 5.92. The highest BCUT2D eigenvalue weighted by Gasteiger charge is 2.67. The van der Waals surface area contributed by atoms with Gasteiger partial charge in [-0.1, -0.05) is 85.5 Å². The van der Waals surface area contributed by atoms with E-state index in [2.05, 4.69) is 75.3 Å². The van der Waals surface area contributed by atoms with E-state index in [1.165, 1.54) is 25.7 Å². The average Bonchev–Trinajstić information content (AvgIpc) is 1.51. The molecule has 518 valence electrons. The first kappa shape index (κ1) is 65.4. The fourth-order valence-corrected chi connectivity index (χ4v) is 20.0. The number of esters is 5. The summed E-state index contributed by atoms with van der Waals surface area (Å²) in [4.78, 5) is 83.7. The minimum atomic E-state index is -0.556. The second-order valence-electron chi connectivity index (χ2n) is 29.4. The molecule has 1 N–H and O–H groups in total. The lowest BCUT2D eigenvalue weighted by molar-refractivity contribution is -0.273. The first-order valence-corrected chi connectivity index (χ1v) is 35.7. The molecule has 20 rings (SSSR count). The third-order valence-electron chi connectivity index (χ3n) is 23.8. The van der Waals surface area contributed by atoms with Crippen LogP contribution in [0, 0.1) is 23.7 Å². The maximum absolute atomic E-state index is 12.2. The molecular weight excluding hydrogens is 1250 g/mol. The Labute approximate surface area is 572 Å². The van der Waals surface area contributed by atoms with Gasteiger partial charge in [-0.25, -0.2) is 24.0 Å². The molecule has 15 aliphatic heterocycles. The minimum Gasteiger partial charge on any atom is -0.449 e. The molecule has 0 aromatic rings. The van der Waals surface area contributed by atoms with Gasteiger partial charge in [-0.15, -0.1) is 5.06 Å². The molecule has 9 fully saturated rings. The number of methoxy groups -OCH3 is 2. The SMILES string of the molecule is CNCC#CC1=CC2CC3(OC(=O)C=C13)C1CCCCN21.COC(OC)C1CCC2N1C1C=C(C#CCN(C)C)C3=CC(=O)OC32C1.O=C1C=C2C3C=CCC2(O1)C1CCC=CN1O3.O=C1C=C2C3C=CCC2(O1)C1CCCCN1O3.O=C1C=C2CC=C3CC2(O1)C1CCCCN1O3. The molecule has 9 saturated heterocycles.